The van der Waals surface area contributed by atoms with E-state index in [1.54, 1.807) is 35.3 Å². The summed E-state index contributed by atoms with van der Waals surface area (Å²) in [6.07, 6.45) is 10.9. The average Bonchev–Trinajstić information content (AvgIpc) is 3.63. The van der Waals surface area contributed by atoms with Crippen molar-refractivity contribution < 1.29 is 14.0 Å². The fraction of sp³-hybridized carbons (Fsp3) is 0.321. The van der Waals surface area contributed by atoms with Crippen LogP contribution >= 0.6 is 0 Å². The molecular weight excluding hydrogens is 485 g/mol. The Labute approximate surface area is 219 Å². The second kappa shape index (κ2) is 10.8. The number of piperidine rings is 1. The normalized spacial score (nSPS) is 20.3. The standard InChI is InChI=1S/C28H28FN7O2/c29-23-3-1-2-4-24(23)36-26(21-9-13-30-14-10-21)25(32-34-36)28-31-27(33-38-28)22-7-5-19(6-8-22)17-35-15-11-20(18-37)12-16-35/h1-10,13-14,20,23-24,37H,11-12,15-18H2. The fourth-order valence-corrected chi connectivity index (χ4v) is 4.99. The van der Waals surface area contributed by atoms with Crippen LogP contribution in [0.3, 0.4) is 0 Å². The van der Waals surface area contributed by atoms with E-state index in [9.17, 15) is 9.50 Å². The van der Waals surface area contributed by atoms with Crippen LogP contribution in [0.1, 0.15) is 24.4 Å². The SMILES string of the molecule is OCC1CCN(Cc2ccc(-c3noc(-c4nnn(C5C=CC=CC5F)c4-c4ccncc4)n3)cc2)CC1. The van der Waals surface area contributed by atoms with Gasteiger partial charge in [0.05, 0.1) is 0 Å². The summed E-state index contributed by atoms with van der Waals surface area (Å²) in [5, 5.41) is 22.1. The predicted octanol–water partition coefficient (Wildman–Crippen LogP) is 4.27. The smallest absolute Gasteiger partial charge is 0.281 e. The third-order valence-corrected chi connectivity index (χ3v) is 7.18. The highest BCUT2D eigenvalue weighted by molar-refractivity contribution is 5.74. The lowest BCUT2D eigenvalue weighted by Gasteiger charge is -2.31. The summed E-state index contributed by atoms with van der Waals surface area (Å²) in [6.45, 7) is 3.14. The number of allylic oxidation sites excluding steroid dienone is 4. The van der Waals surface area contributed by atoms with Gasteiger partial charge in [0.25, 0.3) is 5.89 Å². The number of alkyl halides is 1. The van der Waals surface area contributed by atoms with Crippen LogP contribution in [0.2, 0.25) is 0 Å². The average molecular weight is 514 g/mol. The zero-order chi connectivity index (χ0) is 25.9. The number of benzene rings is 1. The van der Waals surface area contributed by atoms with Gasteiger partial charge >= 0.3 is 0 Å². The lowest BCUT2D eigenvalue weighted by molar-refractivity contribution is 0.127. The topological polar surface area (TPSA) is 106 Å². The largest absolute Gasteiger partial charge is 0.396 e. The molecule has 0 amide bonds. The summed E-state index contributed by atoms with van der Waals surface area (Å²) in [5.74, 6) is 1.07. The highest BCUT2D eigenvalue weighted by Crippen LogP contribution is 2.34. The summed E-state index contributed by atoms with van der Waals surface area (Å²) in [7, 11) is 0. The molecule has 9 nitrogen and oxygen atoms in total. The van der Waals surface area contributed by atoms with Crippen LogP contribution in [0.5, 0.6) is 0 Å². The molecule has 1 aliphatic carbocycles. The van der Waals surface area contributed by atoms with E-state index in [-0.39, 0.29) is 12.5 Å². The Hall–Kier alpha value is -4.02. The van der Waals surface area contributed by atoms with Crippen molar-refractivity contribution in [2.45, 2.75) is 31.6 Å². The fourth-order valence-electron chi connectivity index (χ4n) is 4.99. The number of aliphatic hydroxyl groups is 1. The van der Waals surface area contributed by atoms with Crippen molar-refractivity contribution >= 4 is 0 Å². The van der Waals surface area contributed by atoms with Gasteiger partial charge in [-0.05, 0) is 55.6 Å². The molecule has 0 saturated carbocycles. The molecule has 0 bridgehead atoms. The number of aliphatic hydroxyl groups excluding tert-OH is 1. The van der Waals surface area contributed by atoms with Crippen molar-refractivity contribution in [1.29, 1.82) is 0 Å². The first-order chi connectivity index (χ1) is 18.7. The minimum atomic E-state index is -1.24. The van der Waals surface area contributed by atoms with Gasteiger partial charge in [0, 0.05) is 36.7 Å². The number of halogens is 1. The summed E-state index contributed by atoms with van der Waals surface area (Å²) < 4.78 is 22.0. The Balaban J connectivity index is 1.25. The van der Waals surface area contributed by atoms with Crippen LogP contribution in [-0.2, 0) is 6.54 Å². The number of likely N-dealkylation sites (tertiary alicyclic amines) is 1. The van der Waals surface area contributed by atoms with E-state index in [0.717, 1.165) is 43.6 Å². The van der Waals surface area contributed by atoms with Crippen molar-refractivity contribution in [2.75, 3.05) is 19.7 Å². The van der Waals surface area contributed by atoms with Crippen LogP contribution in [0.4, 0.5) is 4.39 Å². The summed E-state index contributed by atoms with van der Waals surface area (Å²) >= 11 is 0. The molecular formula is C28H28FN7O2. The van der Waals surface area contributed by atoms with Crippen molar-refractivity contribution in [3.05, 3.63) is 78.7 Å². The molecule has 4 heterocycles. The molecule has 2 unspecified atom stereocenters. The summed E-state index contributed by atoms with van der Waals surface area (Å²) in [6, 6.07) is 11.1. The second-order valence-corrected chi connectivity index (χ2v) is 9.69. The Kier molecular flexibility index (Phi) is 6.89. The molecule has 38 heavy (non-hydrogen) atoms. The molecule has 2 aliphatic rings. The van der Waals surface area contributed by atoms with E-state index < -0.39 is 12.2 Å². The number of pyridine rings is 1. The first kappa shape index (κ1) is 24.3. The quantitative estimate of drug-likeness (QED) is 0.391. The van der Waals surface area contributed by atoms with E-state index in [4.69, 9.17) is 4.52 Å². The molecule has 3 aromatic heterocycles. The lowest BCUT2D eigenvalue weighted by atomic mass is 9.97. The molecule has 1 aromatic carbocycles. The Morgan fingerprint density at radius 1 is 0.974 bits per heavy atom. The van der Waals surface area contributed by atoms with Gasteiger partial charge in [-0.25, -0.2) is 9.07 Å². The van der Waals surface area contributed by atoms with Gasteiger partial charge in [0.2, 0.25) is 5.82 Å². The van der Waals surface area contributed by atoms with E-state index in [1.165, 1.54) is 11.6 Å². The third-order valence-electron chi connectivity index (χ3n) is 7.18. The molecule has 2 atom stereocenters. The van der Waals surface area contributed by atoms with Crippen LogP contribution in [0.25, 0.3) is 34.2 Å². The number of nitrogens with zero attached hydrogens (tertiary/aromatic N) is 7. The maximum absolute atomic E-state index is 14.8. The molecule has 194 valence electrons. The van der Waals surface area contributed by atoms with Crippen molar-refractivity contribution in [2.24, 2.45) is 5.92 Å². The van der Waals surface area contributed by atoms with Gasteiger partial charge in [0.15, 0.2) is 5.69 Å². The molecule has 1 N–H and O–H groups in total. The minimum Gasteiger partial charge on any atom is -0.396 e. The van der Waals surface area contributed by atoms with Gasteiger partial charge in [-0.3, -0.25) is 9.88 Å². The molecule has 4 aromatic rings. The van der Waals surface area contributed by atoms with E-state index in [2.05, 4.69) is 42.5 Å². The number of rotatable bonds is 7. The molecule has 10 heteroatoms. The van der Waals surface area contributed by atoms with Crippen LogP contribution in [-0.4, -0.2) is 66.0 Å². The Bertz CT molecular complexity index is 1420. The number of aromatic nitrogens is 6. The summed E-state index contributed by atoms with van der Waals surface area (Å²) in [5.41, 5.74) is 3.76. The van der Waals surface area contributed by atoms with E-state index in [0.29, 0.717) is 23.1 Å². The Morgan fingerprint density at radius 3 is 2.47 bits per heavy atom. The molecule has 1 saturated heterocycles. The molecule has 1 fully saturated rings. The van der Waals surface area contributed by atoms with E-state index in [1.807, 2.05) is 24.3 Å². The first-order valence-corrected chi connectivity index (χ1v) is 12.8. The molecule has 0 spiro atoms. The monoisotopic (exact) mass is 513 g/mol. The second-order valence-electron chi connectivity index (χ2n) is 9.69. The highest BCUT2D eigenvalue weighted by Gasteiger charge is 2.29. The molecule has 1 aliphatic heterocycles. The predicted molar refractivity (Wildman–Crippen MR) is 139 cm³/mol. The Morgan fingerprint density at radius 2 is 1.74 bits per heavy atom. The van der Waals surface area contributed by atoms with Gasteiger partial charge in [-0.2, -0.15) is 4.98 Å². The zero-order valence-electron chi connectivity index (χ0n) is 20.8. The first-order valence-electron chi connectivity index (χ1n) is 12.8. The van der Waals surface area contributed by atoms with Gasteiger partial charge in [-0.1, -0.05) is 52.9 Å². The van der Waals surface area contributed by atoms with Crippen LogP contribution < -0.4 is 0 Å². The number of hydrogen-bond donors (Lipinski definition) is 1. The van der Waals surface area contributed by atoms with Crippen molar-refractivity contribution in [3.8, 4) is 34.2 Å². The van der Waals surface area contributed by atoms with Crippen LogP contribution in [0, 0.1) is 5.92 Å². The summed E-state index contributed by atoms with van der Waals surface area (Å²) in [4.78, 5) is 11.1. The lowest BCUT2D eigenvalue weighted by Crippen LogP contribution is -2.34. The maximum Gasteiger partial charge on any atom is 0.281 e. The molecule has 6 rings (SSSR count). The van der Waals surface area contributed by atoms with Gasteiger partial charge in [-0.15, -0.1) is 5.10 Å². The third kappa shape index (κ3) is 4.92. The van der Waals surface area contributed by atoms with Gasteiger partial charge < -0.3 is 9.63 Å². The van der Waals surface area contributed by atoms with Gasteiger partial charge in [0.1, 0.15) is 17.9 Å². The molecule has 0 radical (unpaired) electrons. The number of hydrogen-bond acceptors (Lipinski definition) is 8. The minimum absolute atomic E-state index is 0.208. The highest BCUT2D eigenvalue weighted by atomic mass is 19.1. The maximum atomic E-state index is 14.8. The zero-order valence-corrected chi connectivity index (χ0v) is 20.8. The van der Waals surface area contributed by atoms with Crippen molar-refractivity contribution in [1.82, 2.24) is 35.0 Å². The van der Waals surface area contributed by atoms with Crippen molar-refractivity contribution in [3.63, 3.8) is 0 Å². The van der Waals surface area contributed by atoms with E-state index >= 15 is 0 Å². The van der Waals surface area contributed by atoms with Crippen LogP contribution in [0.15, 0.2) is 77.6 Å².